The maximum absolute atomic E-state index is 7.65. The first-order valence-corrected chi connectivity index (χ1v) is 1.55. The first kappa shape index (κ1) is 10.1. The molecule has 0 aliphatic rings. The summed E-state index contributed by atoms with van der Waals surface area (Å²) in [5, 5.41) is 15.3. The van der Waals surface area contributed by atoms with Crippen molar-refractivity contribution >= 4 is 42.4 Å². The van der Waals surface area contributed by atoms with Gasteiger partial charge in [0.05, 0.1) is 16.3 Å². The van der Waals surface area contributed by atoms with Crippen molar-refractivity contribution in [3.63, 3.8) is 0 Å². The van der Waals surface area contributed by atoms with E-state index in [2.05, 4.69) is 20.0 Å². The van der Waals surface area contributed by atoms with Gasteiger partial charge in [-0.05, 0) is 0 Å². The van der Waals surface area contributed by atoms with Gasteiger partial charge in [0.1, 0.15) is 0 Å². The molecule has 0 fully saturated rings. The maximum atomic E-state index is 7.65. The van der Waals surface area contributed by atoms with Crippen LogP contribution in [0.15, 0.2) is 0 Å². The Labute approximate surface area is 56.5 Å². The van der Waals surface area contributed by atoms with E-state index in [0.29, 0.717) is 0 Å². The zero-order valence-corrected chi connectivity index (χ0v) is 3.84. The summed E-state index contributed by atoms with van der Waals surface area (Å²) in [4.78, 5) is 0. The van der Waals surface area contributed by atoms with Crippen molar-refractivity contribution in [1.82, 2.24) is 0 Å². The molecule has 0 spiro atoms. The molecule has 6 heavy (non-hydrogen) atoms. The molecule has 0 saturated carbocycles. The molecular formula is H3BBrLiO3. The molecule has 0 unspecified atom stereocenters. The van der Waals surface area contributed by atoms with E-state index >= 15 is 0 Å². The van der Waals surface area contributed by atoms with Crippen LogP contribution in [0.3, 0.4) is 0 Å². The summed E-state index contributed by atoms with van der Waals surface area (Å²) >= 11 is 2.31. The average Bonchev–Trinajstić information content (AvgIpc) is 1.38. The van der Waals surface area contributed by atoms with Crippen molar-refractivity contribution in [3.8, 4) is 0 Å². The molecule has 0 aliphatic heterocycles. The molecule has 0 amide bonds. The van der Waals surface area contributed by atoms with E-state index in [4.69, 9.17) is 10.0 Å². The number of rotatable bonds is 1. The van der Waals surface area contributed by atoms with Crippen LogP contribution in [0.1, 0.15) is 0 Å². The molecule has 6 heteroatoms. The van der Waals surface area contributed by atoms with E-state index in [1.807, 2.05) is 0 Å². The molecule has 3 nitrogen and oxygen atoms in total. The Morgan fingerprint density at radius 3 is 1.67 bits per heavy atom. The quantitative estimate of drug-likeness (QED) is 0.452. The van der Waals surface area contributed by atoms with E-state index in [1.54, 1.807) is 0 Å². The van der Waals surface area contributed by atoms with Crippen LogP contribution in [0.2, 0.25) is 0 Å². The summed E-state index contributed by atoms with van der Waals surface area (Å²) in [5.41, 5.74) is 0. The predicted octanol–water partition coefficient (Wildman–Crippen LogP) is -1.37. The van der Waals surface area contributed by atoms with Gasteiger partial charge in [-0.25, -0.2) is 0 Å². The Hall–Kier alpha value is 1.02. The van der Waals surface area contributed by atoms with Gasteiger partial charge in [-0.15, -0.1) is 0 Å². The molecule has 0 atom stereocenters. The number of hydrogen-bond donors (Lipinski definition) is 2. The van der Waals surface area contributed by atoms with Gasteiger partial charge in [-0.2, -0.15) is 0 Å². The van der Waals surface area contributed by atoms with Crippen LogP contribution in [0, 0.1) is 0 Å². The van der Waals surface area contributed by atoms with Crippen molar-refractivity contribution in [2.24, 2.45) is 0 Å². The Morgan fingerprint density at radius 1 is 1.50 bits per heavy atom. The van der Waals surface area contributed by atoms with Crippen LogP contribution in [0.4, 0.5) is 0 Å². The molecule has 0 bridgehead atoms. The Kier molecular flexibility index (Phi) is 10.1. The van der Waals surface area contributed by atoms with E-state index in [0.717, 1.165) is 0 Å². The molecule has 0 aromatic rings. The summed E-state index contributed by atoms with van der Waals surface area (Å²) in [6.45, 7) is 0. The second-order valence-corrected chi connectivity index (χ2v) is 0.789. The van der Waals surface area contributed by atoms with E-state index < -0.39 is 7.32 Å². The first-order valence-electron chi connectivity index (χ1n) is 0.906. The third-order valence-electron chi connectivity index (χ3n) is 0.0797. The van der Waals surface area contributed by atoms with Crippen LogP contribution in [-0.2, 0) is 3.75 Å². The van der Waals surface area contributed by atoms with E-state index in [9.17, 15) is 0 Å². The summed E-state index contributed by atoms with van der Waals surface area (Å²) in [7, 11) is -1.70. The second kappa shape index (κ2) is 6.02. The van der Waals surface area contributed by atoms with Crippen LogP contribution >= 0.6 is 16.3 Å². The van der Waals surface area contributed by atoms with E-state index in [-0.39, 0.29) is 18.9 Å². The normalized spacial score (nSPS) is 6.50. The second-order valence-electron chi connectivity index (χ2n) is 0.415. The van der Waals surface area contributed by atoms with Crippen molar-refractivity contribution in [2.75, 3.05) is 0 Å². The van der Waals surface area contributed by atoms with Crippen LogP contribution < -0.4 is 0 Å². The van der Waals surface area contributed by atoms with Gasteiger partial charge in [-0.3, -0.25) is 0 Å². The molecule has 0 aromatic carbocycles. The minimum atomic E-state index is -1.70. The summed E-state index contributed by atoms with van der Waals surface area (Å²) < 4.78 is 3.67. The van der Waals surface area contributed by atoms with Gasteiger partial charge in [-0.1, -0.05) is 0 Å². The molecule has 2 N–H and O–H groups in total. The zero-order chi connectivity index (χ0) is 4.28. The minimum absolute atomic E-state index is 0. The standard InChI is InChI=1S/BBrH2O3.Li.H/c2-5-1(3)4;;/h3-4H;;. The Morgan fingerprint density at radius 2 is 1.67 bits per heavy atom. The van der Waals surface area contributed by atoms with Crippen molar-refractivity contribution in [1.29, 1.82) is 0 Å². The molecule has 0 radical (unpaired) electrons. The molecule has 0 heterocycles. The van der Waals surface area contributed by atoms with Gasteiger partial charge in [0.25, 0.3) is 0 Å². The average molecular weight is 149 g/mol. The molecule has 0 aromatic heterocycles. The third-order valence-corrected chi connectivity index (χ3v) is 0.414. The van der Waals surface area contributed by atoms with Gasteiger partial charge in [0.2, 0.25) is 0 Å². The van der Waals surface area contributed by atoms with Gasteiger partial charge < -0.3 is 13.8 Å². The third kappa shape index (κ3) is 8.90. The molecule has 0 rings (SSSR count). The fourth-order valence-electron chi connectivity index (χ4n) is 0. The number of hydrogen-bond acceptors (Lipinski definition) is 3. The van der Waals surface area contributed by atoms with Crippen LogP contribution in [0.5, 0.6) is 0 Å². The Balaban J connectivity index is 0. The first-order chi connectivity index (χ1) is 2.27. The zero-order valence-electron chi connectivity index (χ0n) is 2.26. The molecule has 0 saturated heterocycles. The molecular weight excluding hydrogens is 146 g/mol. The van der Waals surface area contributed by atoms with Gasteiger partial charge in [0, 0.05) is 0 Å². The monoisotopic (exact) mass is 148 g/mol. The summed E-state index contributed by atoms with van der Waals surface area (Å²) in [5.74, 6) is 0. The number of halogens is 1. The van der Waals surface area contributed by atoms with Crippen molar-refractivity contribution < 1.29 is 13.8 Å². The molecule has 0 aliphatic carbocycles. The fourth-order valence-corrected chi connectivity index (χ4v) is 0. The fraction of sp³-hybridized carbons (Fsp3) is 0. The van der Waals surface area contributed by atoms with Crippen molar-refractivity contribution in [3.05, 3.63) is 0 Å². The topological polar surface area (TPSA) is 49.7 Å². The molecule has 32 valence electrons. The SMILES string of the molecule is OB(O)OBr.[LiH]. The van der Waals surface area contributed by atoms with E-state index in [1.165, 1.54) is 0 Å². The van der Waals surface area contributed by atoms with Gasteiger partial charge in [0.15, 0.2) is 0 Å². The van der Waals surface area contributed by atoms with Gasteiger partial charge >= 0.3 is 26.2 Å². The Bertz CT molecular complexity index is 24.8. The van der Waals surface area contributed by atoms with Crippen LogP contribution in [-0.4, -0.2) is 36.2 Å². The van der Waals surface area contributed by atoms with Crippen LogP contribution in [0.25, 0.3) is 0 Å². The summed E-state index contributed by atoms with van der Waals surface area (Å²) in [6, 6.07) is 0. The van der Waals surface area contributed by atoms with Crippen molar-refractivity contribution in [2.45, 2.75) is 0 Å². The predicted molar refractivity (Wildman–Crippen MR) is 27.4 cm³/mol. The summed E-state index contributed by atoms with van der Waals surface area (Å²) in [6.07, 6.45) is 0.